The van der Waals surface area contributed by atoms with E-state index in [0.29, 0.717) is 38.8 Å². The predicted octanol–water partition coefficient (Wildman–Crippen LogP) is 0.0589. The Morgan fingerprint density at radius 3 is 2.41 bits per heavy atom. The van der Waals surface area contributed by atoms with E-state index in [1.807, 2.05) is 0 Å². The van der Waals surface area contributed by atoms with Crippen LogP contribution in [0.15, 0.2) is 0 Å². The molecule has 17 heavy (non-hydrogen) atoms. The predicted molar refractivity (Wildman–Crippen MR) is 61.6 cm³/mol. The van der Waals surface area contributed by atoms with Gasteiger partial charge in [0.25, 0.3) is 0 Å². The molecule has 1 aliphatic heterocycles. The van der Waals surface area contributed by atoms with Crippen molar-refractivity contribution in [3.8, 4) is 0 Å². The molecule has 1 saturated heterocycles. The first-order valence-electron chi connectivity index (χ1n) is 6.34. The highest BCUT2D eigenvalue weighted by atomic mass is 16.4. The van der Waals surface area contributed by atoms with Crippen LogP contribution in [0, 0.1) is 5.92 Å². The van der Waals surface area contributed by atoms with Crippen molar-refractivity contribution in [1.82, 2.24) is 4.90 Å². The van der Waals surface area contributed by atoms with Crippen LogP contribution in [0.4, 0.5) is 0 Å². The van der Waals surface area contributed by atoms with Gasteiger partial charge in [-0.3, -0.25) is 9.69 Å². The Bertz CT molecular complexity index is 286. The van der Waals surface area contributed by atoms with Crippen LogP contribution in [0.1, 0.15) is 32.1 Å². The summed E-state index contributed by atoms with van der Waals surface area (Å²) >= 11 is 0. The summed E-state index contributed by atoms with van der Waals surface area (Å²) in [5.74, 6) is -1.04. The van der Waals surface area contributed by atoms with Crippen LogP contribution in [0.5, 0.6) is 0 Å². The first-order valence-corrected chi connectivity index (χ1v) is 6.34. The van der Waals surface area contributed by atoms with E-state index in [9.17, 15) is 15.0 Å². The van der Waals surface area contributed by atoms with E-state index in [-0.39, 0.29) is 12.0 Å². The molecule has 1 atom stereocenters. The van der Waals surface area contributed by atoms with Gasteiger partial charge in [0.05, 0.1) is 17.6 Å². The number of aliphatic hydroxyl groups is 2. The number of nitrogens with zero attached hydrogens (tertiary/aromatic N) is 1. The highest BCUT2D eigenvalue weighted by Gasteiger charge is 2.38. The number of rotatable bonds is 3. The van der Waals surface area contributed by atoms with E-state index in [1.54, 1.807) is 0 Å². The van der Waals surface area contributed by atoms with Crippen molar-refractivity contribution in [2.45, 2.75) is 43.8 Å². The molecular formula is C12H21NO4. The van der Waals surface area contributed by atoms with E-state index < -0.39 is 11.6 Å². The largest absolute Gasteiger partial charge is 0.481 e. The summed E-state index contributed by atoms with van der Waals surface area (Å²) in [6.45, 7) is 2.02. The minimum absolute atomic E-state index is 0.269. The SMILES string of the molecule is O=C(O)C1CCC(O)(CN2CCC(O)C2)CC1. The third-order valence-electron chi connectivity index (χ3n) is 4.03. The number of likely N-dealkylation sites (tertiary alicyclic amines) is 1. The highest BCUT2D eigenvalue weighted by molar-refractivity contribution is 5.70. The molecule has 0 amide bonds. The molecule has 5 nitrogen and oxygen atoms in total. The van der Waals surface area contributed by atoms with Crippen molar-refractivity contribution in [3.63, 3.8) is 0 Å². The maximum absolute atomic E-state index is 10.8. The molecular weight excluding hydrogens is 222 g/mol. The number of aliphatic carboxylic acids is 1. The monoisotopic (exact) mass is 243 g/mol. The van der Waals surface area contributed by atoms with Crippen LogP contribution in [-0.4, -0.2) is 57.5 Å². The smallest absolute Gasteiger partial charge is 0.306 e. The molecule has 1 unspecified atom stereocenters. The second-order valence-corrected chi connectivity index (χ2v) is 5.51. The lowest BCUT2D eigenvalue weighted by Crippen LogP contribution is -2.45. The van der Waals surface area contributed by atoms with Crippen molar-refractivity contribution in [2.24, 2.45) is 5.92 Å². The topological polar surface area (TPSA) is 81.0 Å². The van der Waals surface area contributed by atoms with Gasteiger partial charge in [-0.15, -0.1) is 0 Å². The fraction of sp³-hybridized carbons (Fsp3) is 0.917. The van der Waals surface area contributed by atoms with Gasteiger partial charge in [0.2, 0.25) is 0 Å². The molecule has 0 aromatic carbocycles. The van der Waals surface area contributed by atoms with Gasteiger partial charge in [0.15, 0.2) is 0 Å². The highest BCUT2D eigenvalue weighted by Crippen LogP contribution is 2.33. The average Bonchev–Trinajstić information content (AvgIpc) is 2.63. The van der Waals surface area contributed by atoms with Crippen LogP contribution >= 0.6 is 0 Å². The zero-order chi connectivity index (χ0) is 12.5. The van der Waals surface area contributed by atoms with Crippen molar-refractivity contribution in [1.29, 1.82) is 0 Å². The Labute approximate surface area is 101 Å². The Morgan fingerprint density at radius 2 is 1.94 bits per heavy atom. The summed E-state index contributed by atoms with van der Waals surface area (Å²) in [5, 5.41) is 28.7. The molecule has 0 aromatic heterocycles. The van der Waals surface area contributed by atoms with Gasteiger partial charge in [0, 0.05) is 19.6 Å². The normalized spacial score (nSPS) is 39.4. The molecule has 0 aromatic rings. The van der Waals surface area contributed by atoms with Crippen LogP contribution in [-0.2, 0) is 4.79 Å². The van der Waals surface area contributed by atoms with Gasteiger partial charge in [-0.25, -0.2) is 0 Å². The zero-order valence-electron chi connectivity index (χ0n) is 10.0. The van der Waals surface area contributed by atoms with E-state index in [2.05, 4.69) is 4.90 Å². The average molecular weight is 243 g/mol. The zero-order valence-corrected chi connectivity index (χ0v) is 10.0. The standard InChI is InChI=1S/C12H21NO4/c14-10-3-6-13(7-10)8-12(17)4-1-9(2-5-12)11(15)16/h9-10,14,17H,1-8H2,(H,15,16). The van der Waals surface area contributed by atoms with Crippen LogP contribution in [0.25, 0.3) is 0 Å². The summed E-state index contributed by atoms with van der Waals surface area (Å²) in [5.41, 5.74) is -0.754. The third-order valence-corrected chi connectivity index (χ3v) is 4.03. The third kappa shape index (κ3) is 3.18. The summed E-state index contributed by atoms with van der Waals surface area (Å²) in [7, 11) is 0. The molecule has 3 N–H and O–H groups in total. The molecule has 2 rings (SSSR count). The summed E-state index contributed by atoms with van der Waals surface area (Å²) in [6, 6.07) is 0. The lowest BCUT2D eigenvalue weighted by atomic mass is 9.78. The van der Waals surface area contributed by atoms with Crippen molar-refractivity contribution >= 4 is 5.97 Å². The van der Waals surface area contributed by atoms with Crippen LogP contribution < -0.4 is 0 Å². The first kappa shape index (κ1) is 12.8. The lowest BCUT2D eigenvalue weighted by molar-refractivity contribution is -0.145. The van der Waals surface area contributed by atoms with E-state index in [1.165, 1.54) is 0 Å². The van der Waals surface area contributed by atoms with E-state index in [4.69, 9.17) is 5.11 Å². The fourth-order valence-corrected chi connectivity index (χ4v) is 2.93. The van der Waals surface area contributed by atoms with Gasteiger partial charge in [0.1, 0.15) is 0 Å². The minimum Gasteiger partial charge on any atom is -0.481 e. The first-order chi connectivity index (χ1) is 7.98. The molecule has 1 aliphatic carbocycles. The van der Waals surface area contributed by atoms with Gasteiger partial charge in [-0.1, -0.05) is 0 Å². The van der Waals surface area contributed by atoms with E-state index >= 15 is 0 Å². The lowest BCUT2D eigenvalue weighted by Gasteiger charge is -2.37. The van der Waals surface area contributed by atoms with Crippen LogP contribution in [0.2, 0.25) is 0 Å². The van der Waals surface area contributed by atoms with Gasteiger partial charge < -0.3 is 15.3 Å². The summed E-state index contributed by atoms with van der Waals surface area (Å²) in [4.78, 5) is 12.9. The molecule has 5 heteroatoms. The molecule has 98 valence electrons. The van der Waals surface area contributed by atoms with E-state index in [0.717, 1.165) is 13.0 Å². The Balaban J connectivity index is 1.83. The maximum Gasteiger partial charge on any atom is 0.306 e. The number of aliphatic hydroxyl groups excluding tert-OH is 1. The Hall–Kier alpha value is -0.650. The number of β-amino-alcohol motifs (C(OH)–C–C–N with tert-alkyl or cyclic N) is 2. The minimum atomic E-state index is -0.754. The summed E-state index contributed by atoms with van der Waals surface area (Å²) in [6.07, 6.45) is 2.72. The van der Waals surface area contributed by atoms with Gasteiger partial charge in [-0.2, -0.15) is 0 Å². The molecule has 0 radical (unpaired) electrons. The second kappa shape index (κ2) is 4.92. The number of hydrogen-bond donors (Lipinski definition) is 3. The number of carboxylic acid groups (broad SMARTS) is 1. The molecule has 0 spiro atoms. The molecule has 0 bridgehead atoms. The number of carbonyl (C=O) groups is 1. The van der Waals surface area contributed by atoms with Gasteiger partial charge >= 0.3 is 5.97 Å². The fourth-order valence-electron chi connectivity index (χ4n) is 2.93. The quantitative estimate of drug-likeness (QED) is 0.653. The molecule has 1 saturated carbocycles. The van der Waals surface area contributed by atoms with Crippen molar-refractivity contribution in [3.05, 3.63) is 0 Å². The van der Waals surface area contributed by atoms with Crippen molar-refractivity contribution in [2.75, 3.05) is 19.6 Å². The second-order valence-electron chi connectivity index (χ2n) is 5.51. The van der Waals surface area contributed by atoms with Crippen LogP contribution in [0.3, 0.4) is 0 Å². The van der Waals surface area contributed by atoms with Gasteiger partial charge in [-0.05, 0) is 32.1 Å². The summed E-state index contributed by atoms with van der Waals surface area (Å²) < 4.78 is 0. The molecule has 2 aliphatic rings. The maximum atomic E-state index is 10.8. The number of carboxylic acids is 1. The van der Waals surface area contributed by atoms with Crippen molar-refractivity contribution < 1.29 is 20.1 Å². The Morgan fingerprint density at radius 1 is 1.29 bits per heavy atom. The Kier molecular flexibility index (Phi) is 3.70. The molecule has 1 heterocycles. The molecule has 2 fully saturated rings. The number of hydrogen-bond acceptors (Lipinski definition) is 4.